The molecule has 0 aromatic heterocycles. The lowest BCUT2D eigenvalue weighted by Gasteiger charge is -2.12. The predicted octanol–water partition coefficient (Wildman–Crippen LogP) is 5.51. The van der Waals surface area contributed by atoms with Gasteiger partial charge in [0.25, 0.3) is 15.9 Å². The number of benzene rings is 2. The van der Waals surface area contributed by atoms with Crippen molar-refractivity contribution in [2.24, 2.45) is 4.40 Å². The van der Waals surface area contributed by atoms with Crippen LogP contribution in [0.1, 0.15) is 51.2 Å². The van der Waals surface area contributed by atoms with Crippen LogP contribution >= 0.6 is 11.8 Å². The fourth-order valence-corrected chi connectivity index (χ4v) is 5.73. The van der Waals surface area contributed by atoms with E-state index in [1.807, 2.05) is 19.1 Å². The summed E-state index contributed by atoms with van der Waals surface area (Å²) >= 11 is 1.05. The van der Waals surface area contributed by atoms with Gasteiger partial charge in [0.2, 0.25) is 0 Å². The molecule has 2 aromatic carbocycles. The topological polar surface area (TPSA) is 85.3 Å². The van der Waals surface area contributed by atoms with Gasteiger partial charge in [0.15, 0.2) is 16.7 Å². The Balaban J connectivity index is 1.87. The number of carbonyl (C=O) groups excluding carboxylic acids is 1. The van der Waals surface area contributed by atoms with Crippen molar-refractivity contribution in [2.75, 3.05) is 20.3 Å². The zero-order valence-corrected chi connectivity index (χ0v) is 22.2. The Hall–Kier alpha value is -2.78. The maximum atomic E-state index is 13.0. The highest BCUT2D eigenvalue weighted by Gasteiger charge is 2.34. The second-order valence-corrected chi connectivity index (χ2v) is 10.6. The number of amidine groups is 1. The molecule has 2 aromatic rings. The van der Waals surface area contributed by atoms with Gasteiger partial charge >= 0.3 is 0 Å². The summed E-state index contributed by atoms with van der Waals surface area (Å²) in [5.74, 6) is 0.938. The smallest absolute Gasteiger partial charge is 0.284 e. The van der Waals surface area contributed by atoms with Crippen molar-refractivity contribution in [3.63, 3.8) is 0 Å². The average molecular weight is 517 g/mol. The molecule has 1 aliphatic rings. The average Bonchev–Trinajstić information content (AvgIpc) is 3.14. The van der Waals surface area contributed by atoms with Gasteiger partial charge in [0, 0.05) is 6.54 Å². The molecule has 1 amide bonds. The van der Waals surface area contributed by atoms with Gasteiger partial charge in [-0.15, -0.1) is 4.40 Å². The summed E-state index contributed by atoms with van der Waals surface area (Å²) in [6, 6.07) is 12.1. The number of likely N-dealkylation sites (N-methyl/N-ethyl adjacent to an activating group) is 1. The Bertz CT molecular complexity index is 1200. The van der Waals surface area contributed by atoms with Gasteiger partial charge in [-0.3, -0.25) is 9.69 Å². The molecule has 7 nitrogen and oxygen atoms in total. The lowest BCUT2D eigenvalue weighted by atomic mass is 10.2. The van der Waals surface area contributed by atoms with Crippen LogP contribution in [0.15, 0.2) is 56.7 Å². The third kappa shape index (κ3) is 6.67. The quantitative estimate of drug-likeness (QED) is 0.289. The SMILES string of the molecule is CCCCCOc1cc(/C=C2\S/C(=N/S(=O)(=O)c3ccc(CC)cc3)N(CC)C2=O)ccc1OC. The van der Waals surface area contributed by atoms with Crippen LogP contribution in [0.5, 0.6) is 11.5 Å². The molecule has 0 saturated carbocycles. The van der Waals surface area contributed by atoms with Gasteiger partial charge in [0.1, 0.15) is 0 Å². The molecule has 0 unspecified atom stereocenters. The van der Waals surface area contributed by atoms with Crippen LogP contribution in [0.2, 0.25) is 0 Å². The number of unbranched alkanes of at least 4 members (excludes halogenated alkanes) is 2. The number of hydrogen-bond donors (Lipinski definition) is 0. The molecular weight excluding hydrogens is 484 g/mol. The van der Waals surface area contributed by atoms with Crippen LogP contribution < -0.4 is 9.47 Å². The lowest BCUT2D eigenvalue weighted by molar-refractivity contribution is -0.122. The van der Waals surface area contributed by atoms with E-state index in [-0.39, 0.29) is 16.0 Å². The van der Waals surface area contributed by atoms with Crippen molar-refractivity contribution in [1.29, 1.82) is 0 Å². The van der Waals surface area contributed by atoms with Crippen molar-refractivity contribution in [3.05, 3.63) is 58.5 Å². The fraction of sp³-hybridized carbons (Fsp3) is 0.385. The molecule has 0 atom stereocenters. The molecule has 1 aliphatic heterocycles. The number of ether oxygens (including phenoxy) is 2. The Kier molecular flexibility index (Phi) is 9.40. The largest absolute Gasteiger partial charge is 0.493 e. The maximum Gasteiger partial charge on any atom is 0.284 e. The molecule has 0 aliphatic carbocycles. The van der Waals surface area contributed by atoms with E-state index in [9.17, 15) is 13.2 Å². The van der Waals surface area contributed by atoms with Gasteiger partial charge < -0.3 is 9.47 Å². The number of hydrogen-bond acceptors (Lipinski definition) is 6. The molecule has 0 spiro atoms. The molecule has 3 rings (SSSR count). The van der Waals surface area contributed by atoms with Crippen molar-refractivity contribution < 1.29 is 22.7 Å². The Morgan fingerprint density at radius 1 is 1.03 bits per heavy atom. The third-order valence-corrected chi connectivity index (χ3v) is 7.93. The van der Waals surface area contributed by atoms with Crippen molar-refractivity contribution >= 4 is 38.9 Å². The second kappa shape index (κ2) is 12.3. The highest BCUT2D eigenvalue weighted by molar-refractivity contribution is 8.19. The molecule has 1 saturated heterocycles. The fourth-order valence-electron chi connectivity index (χ4n) is 3.49. The Labute approximate surface area is 212 Å². The van der Waals surface area contributed by atoms with Gasteiger partial charge in [-0.1, -0.05) is 44.9 Å². The normalized spacial score (nSPS) is 16.3. The summed E-state index contributed by atoms with van der Waals surface area (Å²) < 4.78 is 41.1. The summed E-state index contributed by atoms with van der Waals surface area (Å²) in [6.45, 7) is 6.81. The standard InChI is InChI=1S/C26H32N2O5S2/c1-5-8-9-16-33-23-17-20(12-15-22(23)32-4)18-24-25(29)28(7-3)26(34-24)27-35(30,31)21-13-10-19(6-2)11-14-21/h10-15,17-18H,5-9,16H2,1-4H3/b24-18-,27-26+. The van der Waals surface area contributed by atoms with Gasteiger partial charge in [-0.2, -0.15) is 8.42 Å². The molecule has 188 valence electrons. The first-order valence-electron chi connectivity index (χ1n) is 11.8. The first-order chi connectivity index (χ1) is 16.8. The number of thioether (sulfide) groups is 1. The van der Waals surface area contributed by atoms with E-state index in [1.54, 1.807) is 50.4 Å². The molecule has 0 N–H and O–H groups in total. The third-order valence-electron chi connectivity index (χ3n) is 5.52. The lowest BCUT2D eigenvalue weighted by Crippen LogP contribution is -2.29. The van der Waals surface area contributed by atoms with Crippen LogP contribution in [-0.4, -0.2) is 44.7 Å². The Morgan fingerprint density at radius 2 is 1.77 bits per heavy atom. The summed E-state index contributed by atoms with van der Waals surface area (Å²) in [5, 5.41) is 0.146. The second-order valence-electron chi connectivity index (χ2n) is 7.97. The molecule has 0 radical (unpaired) electrons. The zero-order chi connectivity index (χ0) is 25.4. The number of sulfonamides is 1. The van der Waals surface area contributed by atoms with Crippen LogP contribution in [0.4, 0.5) is 0 Å². The molecule has 0 bridgehead atoms. The minimum atomic E-state index is -3.95. The van der Waals surface area contributed by atoms with E-state index in [1.165, 1.54) is 4.90 Å². The van der Waals surface area contributed by atoms with E-state index in [0.717, 1.165) is 48.6 Å². The van der Waals surface area contributed by atoms with Crippen LogP contribution in [-0.2, 0) is 21.2 Å². The minimum absolute atomic E-state index is 0.101. The van der Waals surface area contributed by atoms with E-state index < -0.39 is 10.0 Å². The predicted molar refractivity (Wildman–Crippen MR) is 141 cm³/mol. The van der Waals surface area contributed by atoms with E-state index in [0.29, 0.717) is 29.6 Å². The molecule has 35 heavy (non-hydrogen) atoms. The maximum absolute atomic E-state index is 13.0. The van der Waals surface area contributed by atoms with Crippen LogP contribution in [0, 0.1) is 0 Å². The zero-order valence-electron chi connectivity index (χ0n) is 20.6. The van der Waals surface area contributed by atoms with Crippen LogP contribution in [0.25, 0.3) is 6.08 Å². The Morgan fingerprint density at radius 3 is 2.40 bits per heavy atom. The van der Waals surface area contributed by atoms with Crippen molar-refractivity contribution in [3.8, 4) is 11.5 Å². The number of nitrogens with zero attached hydrogens (tertiary/aromatic N) is 2. The van der Waals surface area contributed by atoms with E-state index >= 15 is 0 Å². The van der Waals surface area contributed by atoms with Gasteiger partial charge in [-0.05, 0) is 73.0 Å². The van der Waals surface area contributed by atoms with Crippen LogP contribution in [0.3, 0.4) is 0 Å². The number of methoxy groups -OCH3 is 1. The van der Waals surface area contributed by atoms with E-state index in [2.05, 4.69) is 11.3 Å². The number of amides is 1. The van der Waals surface area contributed by atoms with Gasteiger partial charge in [-0.25, -0.2) is 0 Å². The minimum Gasteiger partial charge on any atom is -0.493 e. The van der Waals surface area contributed by atoms with E-state index in [4.69, 9.17) is 9.47 Å². The first-order valence-corrected chi connectivity index (χ1v) is 14.0. The summed E-state index contributed by atoms with van der Waals surface area (Å²) in [7, 11) is -2.37. The molecule has 1 heterocycles. The number of carbonyl (C=O) groups is 1. The monoisotopic (exact) mass is 516 g/mol. The first kappa shape index (κ1) is 26.8. The molecule has 1 fully saturated rings. The highest BCUT2D eigenvalue weighted by atomic mass is 32.2. The summed E-state index contributed by atoms with van der Waals surface area (Å²) in [6.07, 6.45) is 5.66. The summed E-state index contributed by atoms with van der Waals surface area (Å²) in [4.78, 5) is 14.9. The highest BCUT2D eigenvalue weighted by Crippen LogP contribution is 2.35. The summed E-state index contributed by atoms with van der Waals surface area (Å²) in [5.41, 5.74) is 1.79. The molecule has 9 heteroatoms. The van der Waals surface area contributed by atoms with Gasteiger partial charge in [0.05, 0.1) is 23.5 Å². The van der Waals surface area contributed by atoms with Crippen molar-refractivity contribution in [2.45, 2.75) is 51.3 Å². The van der Waals surface area contributed by atoms with Crippen molar-refractivity contribution in [1.82, 2.24) is 4.90 Å². The number of rotatable bonds is 11. The molecular formula is C26H32N2O5S2. The number of aryl methyl sites for hydroxylation is 1.